The van der Waals surface area contributed by atoms with Crippen LogP contribution < -0.4 is 5.32 Å². The summed E-state index contributed by atoms with van der Waals surface area (Å²) in [5.41, 5.74) is 1.42. The van der Waals surface area contributed by atoms with Gasteiger partial charge >= 0.3 is 12.0 Å². The fourth-order valence-electron chi connectivity index (χ4n) is 1.91. The zero-order valence-corrected chi connectivity index (χ0v) is 9.49. The molecule has 3 N–H and O–H groups in total. The van der Waals surface area contributed by atoms with Crippen LogP contribution in [0.5, 0.6) is 0 Å². The number of aromatic carboxylic acids is 1. The average Bonchev–Trinajstić information content (AvgIpc) is 2.71. The number of aromatic amines is 1. The molecule has 0 radical (unpaired) electrons. The fourth-order valence-corrected chi connectivity index (χ4v) is 1.91. The maximum absolute atomic E-state index is 11.6. The second-order valence-electron chi connectivity index (χ2n) is 3.84. The Morgan fingerprint density at radius 1 is 1.59 bits per heavy atom. The first-order valence-corrected chi connectivity index (χ1v) is 5.45. The number of urea groups is 1. The van der Waals surface area contributed by atoms with E-state index in [9.17, 15) is 9.59 Å². The minimum atomic E-state index is -1.07. The summed E-state index contributed by atoms with van der Waals surface area (Å²) in [4.78, 5) is 24.2. The molecule has 2 heterocycles. The van der Waals surface area contributed by atoms with E-state index < -0.39 is 5.97 Å². The molecule has 0 saturated carbocycles. The number of hydrogen-bond acceptors (Lipinski definition) is 3. The molecule has 0 unspecified atom stereocenters. The Kier molecular flexibility index (Phi) is 2.99. The van der Waals surface area contributed by atoms with E-state index in [1.165, 1.54) is 0 Å². The summed E-state index contributed by atoms with van der Waals surface area (Å²) in [5.74, 6) is -1.07. The third-order valence-electron chi connectivity index (χ3n) is 2.75. The van der Waals surface area contributed by atoms with Crippen LogP contribution in [0.3, 0.4) is 0 Å². The van der Waals surface area contributed by atoms with Crippen LogP contribution in [-0.2, 0) is 13.0 Å². The molecule has 0 saturated heterocycles. The highest BCUT2D eigenvalue weighted by molar-refractivity contribution is 5.87. The summed E-state index contributed by atoms with van der Waals surface area (Å²) < 4.78 is 0. The Balaban J connectivity index is 2.19. The highest BCUT2D eigenvalue weighted by atomic mass is 16.4. The number of rotatable bonds is 2. The van der Waals surface area contributed by atoms with Gasteiger partial charge in [-0.2, -0.15) is 5.10 Å². The van der Waals surface area contributed by atoms with Gasteiger partial charge in [-0.1, -0.05) is 0 Å². The lowest BCUT2D eigenvalue weighted by molar-refractivity contribution is 0.0687. The van der Waals surface area contributed by atoms with Crippen molar-refractivity contribution in [3.05, 3.63) is 17.0 Å². The number of carbonyl (C=O) groups is 2. The second-order valence-corrected chi connectivity index (χ2v) is 3.84. The lowest BCUT2D eigenvalue weighted by Crippen LogP contribution is -2.42. The standard InChI is InChI=1S/C10H14N4O3/c1-2-11-10(17)14-4-3-7-6(5-14)8(9(15)16)13-12-7/h2-5H2,1H3,(H,11,17)(H,12,13)(H,15,16). The predicted octanol–water partition coefficient (Wildman–Crippen LogP) is 0.196. The highest BCUT2D eigenvalue weighted by Gasteiger charge is 2.27. The first-order valence-electron chi connectivity index (χ1n) is 5.45. The van der Waals surface area contributed by atoms with E-state index in [0.717, 1.165) is 5.69 Å². The number of carboxylic acids is 1. The number of carbonyl (C=O) groups excluding carboxylic acids is 1. The van der Waals surface area contributed by atoms with Gasteiger partial charge in [-0.15, -0.1) is 0 Å². The number of nitrogens with one attached hydrogen (secondary N) is 2. The molecule has 7 nitrogen and oxygen atoms in total. The van der Waals surface area contributed by atoms with E-state index in [2.05, 4.69) is 15.5 Å². The quantitative estimate of drug-likeness (QED) is 0.685. The van der Waals surface area contributed by atoms with E-state index in [1.54, 1.807) is 4.90 Å². The molecule has 92 valence electrons. The maximum Gasteiger partial charge on any atom is 0.356 e. The lowest BCUT2D eigenvalue weighted by atomic mass is 10.1. The van der Waals surface area contributed by atoms with Gasteiger partial charge in [0, 0.05) is 30.8 Å². The summed E-state index contributed by atoms with van der Waals surface area (Å²) in [6.45, 7) is 3.26. The summed E-state index contributed by atoms with van der Waals surface area (Å²) in [7, 11) is 0. The van der Waals surface area contributed by atoms with Crippen LogP contribution in [0.15, 0.2) is 0 Å². The van der Waals surface area contributed by atoms with Gasteiger partial charge in [0.25, 0.3) is 0 Å². The molecule has 1 aliphatic rings. The van der Waals surface area contributed by atoms with Crippen molar-refractivity contribution in [3.63, 3.8) is 0 Å². The van der Waals surface area contributed by atoms with E-state index in [4.69, 9.17) is 5.11 Å². The van der Waals surface area contributed by atoms with Crippen LogP contribution in [0.4, 0.5) is 4.79 Å². The first kappa shape index (κ1) is 11.4. The minimum Gasteiger partial charge on any atom is -0.476 e. The molecule has 0 aromatic carbocycles. The Bertz CT molecular complexity index is 454. The fraction of sp³-hybridized carbons (Fsp3) is 0.500. The maximum atomic E-state index is 11.6. The van der Waals surface area contributed by atoms with Gasteiger partial charge in [-0.05, 0) is 6.92 Å². The highest BCUT2D eigenvalue weighted by Crippen LogP contribution is 2.20. The number of carboxylic acid groups (broad SMARTS) is 1. The molecule has 17 heavy (non-hydrogen) atoms. The molecule has 0 spiro atoms. The van der Waals surface area contributed by atoms with Gasteiger partial charge in [-0.3, -0.25) is 5.10 Å². The van der Waals surface area contributed by atoms with Gasteiger partial charge in [0.2, 0.25) is 0 Å². The van der Waals surface area contributed by atoms with Gasteiger partial charge in [0.05, 0.1) is 6.54 Å². The normalized spacial score (nSPS) is 14.3. The van der Waals surface area contributed by atoms with Gasteiger partial charge in [-0.25, -0.2) is 9.59 Å². The molecule has 0 aliphatic carbocycles. The molecular formula is C10H14N4O3. The molecule has 7 heteroatoms. The number of H-pyrrole nitrogens is 1. The van der Waals surface area contributed by atoms with Gasteiger partial charge in [0.1, 0.15) is 0 Å². The Labute approximate surface area is 97.8 Å². The van der Waals surface area contributed by atoms with Crippen molar-refractivity contribution in [1.29, 1.82) is 0 Å². The second kappa shape index (κ2) is 4.44. The van der Waals surface area contributed by atoms with Gasteiger partial charge < -0.3 is 15.3 Å². The molecular weight excluding hydrogens is 224 g/mol. The first-order chi connectivity index (χ1) is 8.13. The predicted molar refractivity (Wildman–Crippen MR) is 58.7 cm³/mol. The monoisotopic (exact) mass is 238 g/mol. The van der Waals surface area contributed by atoms with Crippen LogP contribution in [0.1, 0.15) is 28.7 Å². The summed E-state index contributed by atoms with van der Waals surface area (Å²) in [6, 6.07) is -0.171. The topological polar surface area (TPSA) is 98.3 Å². The third-order valence-corrected chi connectivity index (χ3v) is 2.75. The molecule has 1 aliphatic heterocycles. The zero-order valence-electron chi connectivity index (χ0n) is 9.49. The van der Waals surface area contributed by atoms with Crippen LogP contribution in [0.25, 0.3) is 0 Å². The van der Waals surface area contributed by atoms with Crippen LogP contribution in [-0.4, -0.2) is 45.3 Å². The molecule has 2 amide bonds. The van der Waals surface area contributed by atoms with Crippen molar-refractivity contribution in [2.75, 3.05) is 13.1 Å². The molecule has 2 rings (SSSR count). The van der Waals surface area contributed by atoms with E-state index in [-0.39, 0.29) is 11.7 Å². The van der Waals surface area contributed by atoms with Crippen molar-refractivity contribution in [2.45, 2.75) is 19.9 Å². The van der Waals surface area contributed by atoms with Crippen LogP contribution in [0, 0.1) is 0 Å². The van der Waals surface area contributed by atoms with Crippen molar-refractivity contribution >= 4 is 12.0 Å². The average molecular weight is 238 g/mol. The third kappa shape index (κ3) is 2.08. The Morgan fingerprint density at radius 3 is 3.00 bits per heavy atom. The Morgan fingerprint density at radius 2 is 2.35 bits per heavy atom. The van der Waals surface area contributed by atoms with Gasteiger partial charge in [0.15, 0.2) is 5.69 Å². The summed E-state index contributed by atoms with van der Waals surface area (Å²) >= 11 is 0. The van der Waals surface area contributed by atoms with E-state index in [0.29, 0.717) is 31.6 Å². The zero-order chi connectivity index (χ0) is 12.4. The summed E-state index contributed by atoms with van der Waals surface area (Å²) in [5, 5.41) is 18.1. The molecule has 0 fully saturated rings. The number of nitrogens with zero attached hydrogens (tertiary/aromatic N) is 2. The molecule has 1 aromatic rings. The summed E-state index contributed by atoms with van der Waals surface area (Å²) in [6.07, 6.45) is 0.604. The van der Waals surface area contributed by atoms with Crippen molar-refractivity contribution in [2.24, 2.45) is 0 Å². The van der Waals surface area contributed by atoms with Crippen LogP contribution >= 0.6 is 0 Å². The SMILES string of the molecule is CCNC(=O)N1CCc2[nH]nc(C(=O)O)c2C1. The molecule has 1 aromatic heterocycles. The molecule has 0 bridgehead atoms. The Hall–Kier alpha value is -2.05. The minimum absolute atomic E-state index is 0.00833. The largest absolute Gasteiger partial charge is 0.476 e. The van der Waals surface area contributed by atoms with E-state index in [1.807, 2.05) is 6.92 Å². The van der Waals surface area contributed by atoms with Crippen molar-refractivity contribution in [1.82, 2.24) is 20.4 Å². The lowest BCUT2D eigenvalue weighted by Gasteiger charge is -2.26. The van der Waals surface area contributed by atoms with Crippen molar-refractivity contribution in [3.8, 4) is 0 Å². The number of amides is 2. The smallest absolute Gasteiger partial charge is 0.356 e. The number of fused-ring (bicyclic) bond motifs is 1. The number of hydrogen-bond donors (Lipinski definition) is 3. The number of aromatic nitrogens is 2. The van der Waals surface area contributed by atoms with Crippen molar-refractivity contribution < 1.29 is 14.7 Å². The molecule has 0 atom stereocenters. The van der Waals surface area contributed by atoms with E-state index >= 15 is 0 Å². The van der Waals surface area contributed by atoms with Crippen LogP contribution in [0.2, 0.25) is 0 Å².